The lowest BCUT2D eigenvalue weighted by atomic mass is 9.82. The van der Waals surface area contributed by atoms with Crippen LogP contribution in [0.1, 0.15) is 39.9 Å². The van der Waals surface area contributed by atoms with Gasteiger partial charge in [0.05, 0.1) is 12.7 Å². The summed E-state index contributed by atoms with van der Waals surface area (Å²) in [5, 5.41) is 11.5. The first-order valence-electron chi connectivity index (χ1n) is 14.3. The summed E-state index contributed by atoms with van der Waals surface area (Å²) in [6, 6.07) is 34.0. The van der Waals surface area contributed by atoms with E-state index in [0.717, 1.165) is 46.1 Å². The van der Waals surface area contributed by atoms with E-state index in [1.807, 2.05) is 60.7 Å². The third kappa shape index (κ3) is 4.38. The van der Waals surface area contributed by atoms with Gasteiger partial charge in [-0.3, -0.25) is 0 Å². The normalized spacial score (nSPS) is 17.6. The number of aromatic hydroxyl groups is 1. The number of ether oxygens (including phenoxy) is 2. The Kier molecular flexibility index (Phi) is 6.43. The first-order chi connectivity index (χ1) is 20.6. The number of nitrogens with zero attached hydrogens (tertiary/aromatic N) is 1. The number of hydrogen-bond acceptors (Lipinski definition) is 5. The van der Waals surface area contributed by atoms with Crippen LogP contribution in [-0.4, -0.2) is 31.3 Å². The van der Waals surface area contributed by atoms with Crippen molar-refractivity contribution in [3.05, 3.63) is 131 Å². The maximum atomic E-state index is 13.0. The number of hydrogen-bond donors (Lipinski definition) is 1. The smallest absolute Gasteiger partial charge is 0.338 e. The molecule has 0 spiro atoms. The second-order valence-corrected chi connectivity index (χ2v) is 10.9. The molecular formula is C37H31NO4. The van der Waals surface area contributed by atoms with Crippen molar-refractivity contribution >= 4 is 28.5 Å². The molecule has 2 heterocycles. The van der Waals surface area contributed by atoms with E-state index >= 15 is 0 Å². The van der Waals surface area contributed by atoms with Crippen LogP contribution in [0.15, 0.2) is 109 Å². The van der Waals surface area contributed by atoms with Crippen LogP contribution in [0.5, 0.6) is 11.5 Å². The Morgan fingerprint density at radius 2 is 1.52 bits per heavy atom. The van der Waals surface area contributed by atoms with Crippen LogP contribution in [0.4, 0.5) is 5.69 Å². The average molecular weight is 554 g/mol. The molecule has 1 saturated heterocycles. The molecule has 0 bridgehead atoms. The molecule has 0 radical (unpaired) electrons. The molecule has 2 aliphatic heterocycles. The van der Waals surface area contributed by atoms with Crippen molar-refractivity contribution in [2.75, 3.05) is 25.1 Å². The number of carbonyl (C=O) groups is 1. The lowest BCUT2D eigenvalue weighted by Crippen LogP contribution is -2.34. The first-order valence-corrected chi connectivity index (χ1v) is 14.3. The lowest BCUT2D eigenvalue weighted by molar-refractivity contribution is 0.0599. The van der Waals surface area contributed by atoms with E-state index in [1.165, 1.54) is 25.6 Å². The molecule has 42 heavy (non-hydrogen) atoms. The molecule has 0 aliphatic carbocycles. The topological polar surface area (TPSA) is 59.0 Å². The van der Waals surface area contributed by atoms with Crippen LogP contribution in [0.25, 0.3) is 28.0 Å². The minimum Gasteiger partial charge on any atom is -0.508 e. The van der Waals surface area contributed by atoms with Crippen LogP contribution < -0.4 is 9.64 Å². The number of benzene rings is 5. The minimum atomic E-state index is -0.894. The Morgan fingerprint density at radius 3 is 2.24 bits per heavy atom. The van der Waals surface area contributed by atoms with Gasteiger partial charge in [-0.05, 0) is 77.9 Å². The van der Waals surface area contributed by atoms with Gasteiger partial charge >= 0.3 is 5.97 Å². The number of anilines is 1. The van der Waals surface area contributed by atoms with Crippen molar-refractivity contribution in [1.29, 1.82) is 0 Å². The summed E-state index contributed by atoms with van der Waals surface area (Å²) in [4.78, 5) is 15.5. The number of esters is 1. The quantitative estimate of drug-likeness (QED) is 0.224. The van der Waals surface area contributed by atoms with Crippen LogP contribution in [0, 0.1) is 0 Å². The zero-order chi connectivity index (χ0) is 28.7. The van der Waals surface area contributed by atoms with Crippen LogP contribution in [0.2, 0.25) is 0 Å². The first kappa shape index (κ1) is 25.9. The Bertz CT molecular complexity index is 1800. The van der Waals surface area contributed by atoms with Crippen molar-refractivity contribution in [3.63, 3.8) is 0 Å². The van der Waals surface area contributed by atoms with Crippen LogP contribution >= 0.6 is 0 Å². The predicted molar refractivity (Wildman–Crippen MR) is 167 cm³/mol. The van der Waals surface area contributed by atoms with Gasteiger partial charge in [-0.1, -0.05) is 66.7 Å². The molecule has 1 atom stereocenters. The molecule has 0 aromatic heterocycles. The van der Waals surface area contributed by atoms with Crippen LogP contribution in [-0.2, 0) is 10.3 Å². The number of fused-ring (bicyclic) bond motifs is 3. The van der Waals surface area contributed by atoms with Gasteiger partial charge in [0, 0.05) is 40.9 Å². The zero-order valence-corrected chi connectivity index (χ0v) is 23.4. The lowest BCUT2D eigenvalue weighted by Gasteiger charge is -2.37. The average Bonchev–Trinajstić information content (AvgIpc) is 3.60. The highest BCUT2D eigenvalue weighted by Gasteiger charge is 2.39. The number of phenols is 1. The molecule has 7 rings (SSSR count). The Balaban J connectivity index is 1.40. The van der Waals surface area contributed by atoms with Gasteiger partial charge in [0.15, 0.2) is 5.60 Å². The maximum absolute atomic E-state index is 13.0. The molecule has 1 fully saturated rings. The predicted octanol–water partition coefficient (Wildman–Crippen LogP) is 7.95. The van der Waals surface area contributed by atoms with E-state index in [4.69, 9.17) is 9.47 Å². The third-order valence-electron chi connectivity index (χ3n) is 8.45. The summed E-state index contributed by atoms with van der Waals surface area (Å²) in [5.41, 5.74) is 5.42. The highest BCUT2D eigenvalue weighted by molar-refractivity contribution is 6.05. The molecule has 0 amide bonds. The second kappa shape index (κ2) is 10.4. The number of rotatable bonds is 5. The molecule has 1 N–H and O–H groups in total. The third-order valence-corrected chi connectivity index (χ3v) is 8.45. The monoisotopic (exact) mass is 553 g/mol. The van der Waals surface area contributed by atoms with Crippen molar-refractivity contribution in [2.45, 2.75) is 18.4 Å². The maximum Gasteiger partial charge on any atom is 0.338 e. The largest absolute Gasteiger partial charge is 0.508 e. The fourth-order valence-electron chi connectivity index (χ4n) is 6.23. The number of carbonyl (C=O) groups excluding carboxylic acids is 1. The van der Waals surface area contributed by atoms with E-state index in [2.05, 4.69) is 47.4 Å². The summed E-state index contributed by atoms with van der Waals surface area (Å²) >= 11 is 0. The SMILES string of the molecule is COC(=O)c1cc2cc(-c3ccc(O)cc3)ccc2c2c1C=CC(c1ccccc1)(c1ccc(N3CCCC3)cc1)O2. The highest BCUT2D eigenvalue weighted by Crippen LogP contribution is 2.47. The standard InChI is InChI=1S/C37H31NO4/c1-41-36(40)34-24-27-23-26(25-9-16-31(39)17-10-25)11-18-32(27)35-33(34)19-20-37(42-35,28-7-3-2-4-8-28)29-12-14-30(15-13-29)38-21-5-6-22-38/h2-4,7-20,23-24,39H,5-6,21-22H2,1H3. The fourth-order valence-corrected chi connectivity index (χ4v) is 6.23. The minimum absolute atomic E-state index is 0.215. The number of phenolic OH excluding ortho intramolecular Hbond substituents is 1. The summed E-state index contributed by atoms with van der Waals surface area (Å²) in [7, 11) is 1.40. The second-order valence-electron chi connectivity index (χ2n) is 10.9. The Morgan fingerprint density at radius 1 is 0.833 bits per heavy atom. The molecule has 5 nitrogen and oxygen atoms in total. The highest BCUT2D eigenvalue weighted by atomic mass is 16.5. The summed E-state index contributed by atoms with van der Waals surface area (Å²) in [6.45, 7) is 2.17. The van der Waals surface area contributed by atoms with Crippen molar-refractivity contribution in [1.82, 2.24) is 0 Å². The zero-order valence-electron chi connectivity index (χ0n) is 23.4. The van der Waals surface area contributed by atoms with Gasteiger partial charge in [-0.25, -0.2) is 4.79 Å². The van der Waals surface area contributed by atoms with Gasteiger partial charge in [-0.15, -0.1) is 0 Å². The van der Waals surface area contributed by atoms with Crippen molar-refractivity contribution < 1.29 is 19.4 Å². The molecule has 5 aromatic rings. The van der Waals surface area contributed by atoms with Gasteiger partial charge in [-0.2, -0.15) is 0 Å². The van der Waals surface area contributed by atoms with Gasteiger partial charge < -0.3 is 19.5 Å². The van der Waals surface area contributed by atoms with E-state index in [0.29, 0.717) is 16.9 Å². The van der Waals surface area contributed by atoms with Crippen LogP contribution in [0.3, 0.4) is 0 Å². The molecule has 0 saturated carbocycles. The Labute approximate surface area is 245 Å². The molecule has 1 unspecified atom stereocenters. The van der Waals surface area contributed by atoms with Crippen molar-refractivity contribution in [2.24, 2.45) is 0 Å². The van der Waals surface area contributed by atoms with Gasteiger partial charge in [0.2, 0.25) is 0 Å². The molecule has 208 valence electrons. The number of methoxy groups -OCH3 is 1. The summed E-state index contributed by atoms with van der Waals surface area (Å²) in [6.07, 6.45) is 6.50. The molecule has 2 aliphatic rings. The molecular weight excluding hydrogens is 522 g/mol. The molecule has 5 heteroatoms. The van der Waals surface area contributed by atoms with Crippen molar-refractivity contribution in [3.8, 4) is 22.6 Å². The van der Waals surface area contributed by atoms with E-state index < -0.39 is 11.6 Å². The van der Waals surface area contributed by atoms with E-state index in [-0.39, 0.29) is 5.75 Å². The molecule has 5 aromatic carbocycles. The van der Waals surface area contributed by atoms with E-state index in [9.17, 15) is 9.90 Å². The van der Waals surface area contributed by atoms with E-state index in [1.54, 1.807) is 12.1 Å². The Hall–Kier alpha value is -5.03. The van der Waals surface area contributed by atoms with Gasteiger partial charge in [0.1, 0.15) is 11.5 Å². The van der Waals surface area contributed by atoms with Gasteiger partial charge in [0.25, 0.3) is 0 Å². The summed E-state index contributed by atoms with van der Waals surface area (Å²) in [5.74, 6) is 0.436. The fraction of sp³-hybridized carbons (Fsp3) is 0.162. The summed E-state index contributed by atoms with van der Waals surface area (Å²) < 4.78 is 12.3.